The van der Waals surface area contributed by atoms with E-state index in [0.29, 0.717) is 0 Å². The maximum atomic E-state index is 10.1. The zero-order chi connectivity index (χ0) is 8.15. The molecule has 0 saturated heterocycles. The van der Waals surface area contributed by atoms with Crippen LogP contribution in [0.25, 0.3) is 0 Å². The summed E-state index contributed by atoms with van der Waals surface area (Å²) in [6.45, 7) is 0. The molecule has 0 rings (SSSR count). The summed E-state index contributed by atoms with van der Waals surface area (Å²) in [5.74, 6) is -1.64. The van der Waals surface area contributed by atoms with Crippen LogP contribution in [0.15, 0.2) is 0 Å². The minimum Gasteiger partial charge on any atom is -0.480 e. The van der Waals surface area contributed by atoms with Gasteiger partial charge in [-0.15, -0.1) is 12.4 Å². The molecule has 0 heterocycles. The highest BCUT2D eigenvalue weighted by molar-refractivity contribution is 5.85. The fourth-order valence-corrected chi connectivity index (χ4v) is 0.421. The zero-order valence-electron chi connectivity index (χ0n) is 5.82. The van der Waals surface area contributed by atoms with Gasteiger partial charge in [0.15, 0.2) is 0 Å². The minimum absolute atomic E-state index is 0. The van der Waals surface area contributed by atoms with Crippen LogP contribution in [0.5, 0.6) is 0 Å². The summed E-state index contributed by atoms with van der Waals surface area (Å²) in [4.78, 5) is 20.1. The Kier molecular flexibility index (Phi) is 6.92. The lowest BCUT2D eigenvalue weighted by atomic mass is 10.2. The number of hydrogen-bond acceptors (Lipinski definition) is 3. The standard InChI is InChI=1S/C5H10N2O3.ClH/c6-3(5(9)10)1-2-4(7)8;/h3H,1-2,6H2,(H2,7,8)(H,9,10);1H/t3-;/m0./s1. The monoisotopic (exact) mass is 182 g/mol. The van der Waals surface area contributed by atoms with Crippen LogP contribution in [0.3, 0.4) is 0 Å². The molecule has 1 amide bonds. The average molecular weight is 183 g/mol. The van der Waals surface area contributed by atoms with Gasteiger partial charge in [0.1, 0.15) is 6.04 Å². The van der Waals surface area contributed by atoms with Crippen LogP contribution < -0.4 is 11.5 Å². The Hall–Kier alpha value is -0.810. The highest BCUT2D eigenvalue weighted by Gasteiger charge is 2.11. The van der Waals surface area contributed by atoms with E-state index in [-0.39, 0.29) is 25.2 Å². The Morgan fingerprint density at radius 3 is 2.18 bits per heavy atom. The van der Waals surface area contributed by atoms with Crippen LogP contribution in [0, 0.1) is 0 Å². The van der Waals surface area contributed by atoms with E-state index in [1.165, 1.54) is 0 Å². The number of nitrogens with two attached hydrogens (primary N) is 2. The minimum atomic E-state index is -1.11. The maximum absolute atomic E-state index is 10.1. The molecule has 0 aromatic rings. The van der Waals surface area contributed by atoms with E-state index in [4.69, 9.17) is 16.6 Å². The molecule has 0 saturated carbocycles. The van der Waals surface area contributed by atoms with Gasteiger partial charge < -0.3 is 16.6 Å². The molecule has 0 aromatic heterocycles. The van der Waals surface area contributed by atoms with Crippen LogP contribution in [0.2, 0.25) is 0 Å². The van der Waals surface area contributed by atoms with E-state index in [1.807, 2.05) is 0 Å². The number of carboxylic acids is 1. The number of amides is 1. The third-order valence-corrected chi connectivity index (χ3v) is 1.02. The number of carboxylic acid groups (broad SMARTS) is 1. The van der Waals surface area contributed by atoms with Crippen LogP contribution in [0.1, 0.15) is 12.8 Å². The Balaban J connectivity index is 0. The van der Waals surface area contributed by atoms with Crippen molar-refractivity contribution in [3.8, 4) is 0 Å². The van der Waals surface area contributed by atoms with Crippen molar-refractivity contribution < 1.29 is 14.7 Å². The molecule has 0 aliphatic carbocycles. The number of carbonyl (C=O) groups is 2. The fraction of sp³-hybridized carbons (Fsp3) is 0.600. The van der Waals surface area contributed by atoms with E-state index in [9.17, 15) is 9.59 Å². The molecule has 0 spiro atoms. The van der Waals surface area contributed by atoms with Crippen molar-refractivity contribution in [1.82, 2.24) is 0 Å². The van der Waals surface area contributed by atoms with Crippen molar-refractivity contribution in [2.24, 2.45) is 11.5 Å². The third kappa shape index (κ3) is 7.08. The normalized spacial score (nSPS) is 11.4. The molecule has 11 heavy (non-hydrogen) atoms. The van der Waals surface area contributed by atoms with Crippen LogP contribution in [-0.2, 0) is 9.59 Å². The summed E-state index contributed by atoms with van der Waals surface area (Å²) in [5, 5.41) is 8.22. The summed E-state index contributed by atoms with van der Waals surface area (Å²) in [7, 11) is 0. The molecule has 0 radical (unpaired) electrons. The lowest BCUT2D eigenvalue weighted by Crippen LogP contribution is -2.31. The van der Waals surface area contributed by atoms with Crippen molar-refractivity contribution in [3.05, 3.63) is 0 Å². The molecule has 0 fully saturated rings. The van der Waals surface area contributed by atoms with Gasteiger partial charge in [-0.25, -0.2) is 0 Å². The summed E-state index contributed by atoms with van der Waals surface area (Å²) in [6.07, 6.45) is 0.123. The topological polar surface area (TPSA) is 106 Å². The molecule has 0 aliphatic rings. The smallest absolute Gasteiger partial charge is 0.320 e. The molecule has 5 nitrogen and oxygen atoms in total. The zero-order valence-corrected chi connectivity index (χ0v) is 6.63. The lowest BCUT2D eigenvalue weighted by molar-refractivity contribution is -0.138. The molecule has 5 N–H and O–H groups in total. The molecule has 66 valence electrons. The van der Waals surface area contributed by atoms with Gasteiger partial charge in [0.2, 0.25) is 5.91 Å². The number of carbonyl (C=O) groups excluding carboxylic acids is 1. The van der Waals surface area contributed by atoms with Crippen molar-refractivity contribution in [2.45, 2.75) is 18.9 Å². The van der Waals surface area contributed by atoms with E-state index < -0.39 is 17.9 Å². The van der Waals surface area contributed by atoms with Crippen molar-refractivity contribution in [2.75, 3.05) is 0 Å². The summed E-state index contributed by atoms with van der Waals surface area (Å²) in [5.41, 5.74) is 9.81. The molecule has 0 bridgehead atoms. The summed E-state index contributed by atoms with van der Waals surface area (Å²) >= 11 is 0. The number of rotatable bonds is 4. The van der Waals surface area contributed by atoms with Gasteiger partial charge in [-0.05, 0) is 6.42 Å². The van der Waals surface area contributed by atoms with Gasteiger partial charge >= 0.3 is 5.97 Å². The number of hydrogen-bond donors (Lipinski definition) is 3. The highest BCUT2D eigenvalue weighted by atomic mass is 35.5. The van der Waals surface area contributed by atoms with Crippen LogP contribution in [-0.4, -0.2) is 23.0 Å². The van der Waals surface area contributed by atoms with E-state index in [0.717, 1.165) is 0 Å². The average Bonchev–Trinajstić information content (AvgIpc) is 1.82. The Morgan fingerprint density at radius 2 is 1.91 bits per heavy atom. The van der Waals surface area contributed by atoms with Crippen molar-refractivity contribution in [1.29, 1.82) is 0 Å². The van der Waals surface area contributed by atoms with Gasteiger partial charge in [-0.2, -0.15) is 0 Å². The van der Waals surface area contributed by atoms with Crippen LogP contribution in [0.4, 0.5) is 0 Å². The lowest BCUT2D eigenvalue weighted by Gasteiger charge is -2.01. The molecule has 6 heteroatoms. The first-order valence-electron chi connectivity index (χ1n) is 2.80. The second-order valence-corrected chi connectivity index (χ2v) is 1.95. The second-order valence-electron chi connectivity index (χ2n) is 1.95. The first kappa shape index (κ1) is 12.8. The predicted molar refractivity (Wildman–Crippen MR) is 41.3 cm³/mol. The van der Waals surface area contributed by atoms with Gasteiger partial charge in [0.25, 0.3) is 0 Å². The van der Waals surface area contributed by atoms with E-state index in [1.54, 1.807) is 0 Å². The van der Waals surface area contributed by atoms with Crippen molar-refractivity contribution in [3.63, 3.8) is 0 Å². The third-order valence-electron chi connectivity index (χ3n) is 1.02. The quantitative estimate of drug-likeness (QED) is 0.523. The van der Waals surface area contributed by atoms with E-state index in [2.05, 4.69) is 0 Å². The Labute approximate surface area is 70.1 Å². The molecule has 1 atom stereocenters. The van der Waals surface area contributed by atoms with Gasteiger partial charge in [-0.1, -0.05) is 0 Å². The molecule has 0 unspecified atom stereocenters. The molecular formula is C5H11ClN2O3. The van der Waals surface area contributed by atoms with Gasteiger partial charge in [0, 0.05) is 6.42 Å². The maximum Gasteiger partial charge on any atom is 0.320 e. The van der Waals surface area contributed by atoms with E-state index >= 15 is 0 Å². The highest BCUT2D eigenvalue weighted by Crippen LogP contribution is 1.92. The SMILES string of the molecule is Cl.NC(=O)CC[C@H](N)C(=O)O. The molecule has 0 aliphatic heterocycles. The summed E-state index contributed by atoms with van der Waals surface area (Å²) in [6, 6.07) is -0.979. The van der Waals surface area contributed by atoms with Crippen molar-refractivity contribution >= 4 is 24.3 Å². The summed E-state index contributed by atoms with van der Waals surface area (Å²) < 4.78 is 0. The van der Waals surface area contributed by atoms with Gasteiger partial charge in [-0.3, -0.25) is 9.59 Å². The van der Waals surface area contributed by atoms with Gasteiger partial charge in [0.05, 0.1) is 0 Å². The second kappa shape index (κ2) is 5.94. The van der Waals surface area contributed by atoms with Crippen LogP contribution >= 0.6 is 12.4 Å². The number of aliphatic carboxylic acids is 1. The molecule has 0 aromatic carbocycles. The first-order chi connectivity index (χ1) is 4.54. The Morgan fingerprint density at radius 1 is 1.45 bits per heavy atom. The fourth-order valence-electron chi connectivity index (χ4n) is 0.421. The Bertz CT molecular complexity index is 151. The largest absolute Gasteiger partial charge is 0.480 e. The number of primary amides is 1. The molecular weight excluding hydrogens is 172 g/mol. The number of halogens is 1. The predicted octanol–water partition coefficient (Wildman–Crippen LogP) is -0.914. The first-order valence-corrected chi connectivity index (χ1v) is 2.80.